The zero-order chi connectivity index (χ0) is 22.2. The Hall–Kier alpha value is -3.38. The number of nitrogens with zero attached hydrogens (tertiary/aromatic N) is 4. The minimum atomic E-state index is -0.564. The van der Waals surface area contributed by atoms with E-state index in [1.165, 1.54) is 29.1 Å². The Balaban J connectivity index is 1.55. The van der Waals surface area contributed by atoms with Crippen molar-refractivity contribution in [1.29, 1.82) is 0 Å². The number of hydrogen-bond donors (Lipinski definition) is 2. The molecule has 160 valence electrons. The number of nitrogens with one attached hydrogen (secondary N) is 2. The molecule has 8 nitrogen and oxygen atoms in total. The number of rotatable bonds is 5. The standard InChI is InChI=1S/C22H24N6O2S/c1-6-13-12-23-20(25-19(13)24-17-11-15(26-27-17)14-7-8-14)16-9-10-18(31-16)28(5)21(29)30-22(2,3)4/h1,9-12,14H,7-8H2,2-5H3,(H2,23,24,25,26,27). The van der Waals surface area contributed by atoms with Crippen LogP contribution in [0, 0.1) is 12.3 Å². The van der Waals surface area contributed by atoms with Crippen LogP contribution in [-0.2, 0) is 4.74 Å². The molecule has 3 heterocycles. The van der Waals surface area contributed by atoms with Crippen molar-refractivity contribution in [2.75, 3.05) is 17.3 Å². The highest BCUT2D eigenvalue weighted by atomic mass is 32.1. The quantitative estimate of drug-likeness (QED) is 0.552. The predicted octanol–water partition coefficient (Wildman–Crippen LogP) is 4.90. The lowest BCUT2D eigenvalue weighted by Gasteiger charge is -2.23. The molecule has 1 aliphatic carbocycles. The normalized spacial score (nSPS) is 13.5. The fourth-order valence-corrected chi connectivity index (χ4v) is 3.77. The molecule has 31 heavy (non-hydrogen) atoms. The Morgan fingerprint density at radius 2 is 2.16 bits per heavy atom. The van der Waals surface area contributed by atoms with Crippen LogP contribution in [0.5, 0.6) is 0 Å². The summed E-state index contributed by atoms with van der Waals surface area (Å²) in [5.41, 5.74) is 1.10. The molecule has 0 unspecified atom stereocenters. The van der Waals surface area contributed by atoms with Gasteiger partial charge in [0.25, 0.3) is 0 Å². The Kier molecular flexibility index (Phi) is 5.41. The van der Waals surface area contributed by atoms with Gasteiger partial charge in [-0.05, 0) is 45.7 Å². The van der Waals surface area contributed by atoms with E-state index in [4.69, 9.17) is 11.2 Å². The zero-order valence-corrected chi connectivity index (χ0v) is 18.7. The Morgan fingerprint density at radius 1 is 1.39 bits per heavy atom. The maximum atomic E-state index is 12.3. The molecule has 0 spiro atoms. The first kappa shape index (κ1) is 20.9. The number of aromatic nitrogens is 4. The number of hydrogen-bond acceptors (Lipinski definition) is 7. The largest absolute Gasteiger partial charge is 0.443 e. The number of terminal acetylenes is 1. The van der Waals surface area contributed by atoms with E-state index in [1.807, 2.05) is 39.0 Å². The molecule has 0 aromatic carbocycles. The molecular weight excluding hydrogens is 412 g/mol. The van der Waals surface area contributed by atoms with Gasteiger partial charge >= 0.3 is 6.09 Å². The highest BCUT2D eigenvalue weighted by molar-refractivity contribution is 7.19. The van der Waals surface area contributed by atoms with Gasteiger partial charge in [0.2, 0.25) is 0 Å². The van der Waals surface area contributed by atoms with Gasteiger partial charge < -0.3 is 10.1 Å². The van der Waals surface area contributed by atoms with E-state index in [0.29, 0.717) is 28.9 Å². The van der Waals surface area contributed by atoms with E-state index >= 15 is 0 Å². The molecular formula is C22H24N6O2S. The summed E-state index contributed by atoms with van der Waals surface area (Å²) in [4.78, 5) is 23.6. The van der Waals surface area contributed by atoms with Gasteiger partial charge in [-0.25, -0.2) is 14.8 Å². The van der Waals surface area contributed by atoms with Gasteiger partial charge in [0, 0.05) is 30.9 Å². The second-order valence-electron chi connectivity index (χ2n) is 8.39. The topological polar surface area (TPSA) is 96.0 Å². The number of ether oxygens (including phenoxy) is 1. The van der Waals surface area contributed by atoms with Gasteiger partial charge in [-0.2, -0.15) is 5.10 Å². The van der Waals surface area contributed by atoms with Gasteiger partial charge in [-0.1, -0.05) is 5.92 Å². The number of H-pyrrole nitrogens is 1. The lowest BCUT2D eigenvalue weighted by molar-refractivity contribution is 0.0590. The fraction of sp³-hybridized carbons (Fsp3) is 0.364. The molecule has 3 aromatic rings. The van der Waals surface area contributed by atoms with Crippen LogP contribution in [0.4, 0.5) is 21.4 Å². The van der Waals surface area contributed by atoms with Crippen molar-refractivity contribution in [2.45, 2.75) is 45.1 Å². The summed E-state index contributed by atoms with van der Waals surface area (Å²) in [6.07, 6.45) is 9.19. The maximum Gasteiger partial charge on any atom is 0.415 e. The summed E-state index contributed by atoms with van der Waals surface area (Å²) < 4.78 is 5.43. The number of amides is 1. The van der Waals surface area contributed by atoms with Crippen LogP contribution in [0.1, 0.15) is 50.8 Å². The lowest BCUT2D eigenvalue weighted by Crippen LogP contribution is -2.33. The van der Waals surface area contributed by atoms with Crippen LogP contribution in [0.2, 0.25) is 0 Å². The molecule has 0 atom stereocenters. The van der Waals surface area contributed by atoms with E-state index in [2.05, 4.69) is 31.4 Å². The lowest BCUT2D eigenvalue weighted by atomic mass is 10.2. The summed E-state index contributed by atoms with van der Waals surface area (Å²) in [5.74, 6) is 4.86. The molecule has 0 aliphatic heterocycles. The first-order valence-corrected chi connectivity index (χ1v) is 10.8. The van der Waals surface area contributed by atoms with E-state index in [9.17, 15) is 4.79 Å². The van der Waals surface area contributed by atoms with Gasteiger partial charge in [0.05, 0.1) is 10.4 Å². The van der Waals surface area contributed by atoms with Crippen LogP contribution in [0.15, 0.2) is 24.4 Å². The van der Waals surface area contributed by atoms with E-state index in [0.717, 1.165) is 15.6 Å². The minimum absolute atomic E-state index is 0.420. The van der Waals surface area contributed by atoms with E-state index < -0.39 is 11.7 Å². The van der Waals surface area contributed by atoms with Crippen molar-refractivity contribution in [2.24, 2.45) is 0 Å². The number of carbonyl (C=O) groups excluding carboxylic acids is 1. The number of thiophene rings is 1. The number of anilines is 3. The Morgan fingerprint density at radius 3 is 2.84 bits per heavy atom. The second-order valence-corrected chi connectivity index (χ2v) is 9.45. The third-order valence-electron chi connectivity index (χ3n) is 4.62. The van der Waals surface area contributed by atoms with Crippen LogP contribution in [0.25, 0.3) is 10.7 Å². The molecule has 0 bridgehead atoms. The summed E-state index contributed by atoms with van der Waals surface area (Å²) >= 11 is 1.39. The van der Waals surface area contributed by atoms with Crippen LogP contribution >= 0.6 is 11.3 Å². The first-order chi connectivity index (χ1) is 14.7. The molecule has 0 radical (unpaired) electrons. The highest BCUT2D eigenvalue weighted by Crippen LogP contribution is 2.40. The second kappa shape index (κ2) is 8.04. The van der Waals surface area contributed by atoms with Crippen molar-refractivity contribution in [3.05, 3.63) is 35.7 Å². The number of carbonyl (C=O) groups is 1. The zero-order valence-electron chi connectivity index (χ0n) is 17.9. The van der Waals surface area contributed by atoms with E-state index in [-0.39, 0.29) is 0 Å². The fourth-order valence-electron chi connectivity index (χ4n) is 2.88. The molecule has 1 fully saturated rings. The van der Waals surface area contributed by atoms with Crippen molar-refractivity contribution >= 4 is 34.1 Å². The van der Waals surface area contributed by atoms with Crippen LogP contribution in [0.3, 0.4) is 0 Å². The third-order valence-corrected chi connectivity index (χ3v) is 5.77. The smallest absolute Gasteiger partial charge is 0.415 e. The van der Waals surface area contributed by atoms with Crippen LogP contribution in [-0.4, -0.2) is 38.9 Å². The van der Waals surface area contributed by atoms with Gasteiger partial charge in [-0.3, -0.25) is 10.00 Å². The van der Waals surface area contributed by atoms with Gasteiger partial charge in [0.15, 0.2) is 17.5 Å². The summed E-state index contributed by atoms with van der Waals surface area (Å²) in [5, 5.41) is 11.3. The predicted molar refractivity (Wildman–Crippen MR) is 122 cm³/mol. The maximum absolute atomic E-state index is 12.3. The third kappa shape index (κ3) is 4.86. The average Bonchev–Trinajstić information content (AvgIpc) is 3.26. The molecule has 4 rings (SSSR count). The first-order valence-electron chi connectivity index (χ1n) is 9.96. The van der Waals surface area contributed by atoms with Crippen molar-refractivity contribution < 1.29 is 9.53 Å². The van der Waals surface area contributed by atoms with Gasteiger partial charge in [0.1, 0.15) is 10.6 Å². The molecule has 1 saturated carbocycles. The minimum Gasteiger partial charge on any atom is -0.443 e. The molecule has 2 N–H and O–H groups in total. The monoisotopic (exact) mass is 436 g/mol. The van der Waals surface area contributed by atoms with Crippen molar-refractivity contribution in [3.63, 3.8) is 0 Å². The molecule has 1 aliphatic rings. The van der Waals surface area contributed by atoms with Crippen molar-refractivity contribution in [1.82, 2.24) is 20.2 Å². The summed E-state index contributed by atoms with van der Waals surface area (Å²) in [7, 11) is 1.67. The summed E-state index contributed by atoms with van der Waals surface area (Å²) in [6.45, 7) is 5.50. The number of aromatic amines is 1. The molecule has 0 saturated heterocycles. The van der Waals surface area contributed by atoms with Crippen LogP contribution < -0.4 is 10.2 Å². The van der Waals surface area contributed by atoms with Gasteiger partial charge in [-0.15, -0.1) is 17.8 Å². The Labute approximate surface area is 185 Å². The molecule has 9 heteroatoms. The summed E-state index contributed by atoms with van der Waals surface area (Å²) in [6, 6.07) is 5.69. The molecule has 1 amide bonds. The average molecular weight is 437 g/mol. The molecule has 3 aromatic heterocycles. The van der Waals surface area contributed by atoms with E-state index in [1.54, 1.807) is 13.2 Å². The highest BCUT2D eigenvalue weighted by Gasteiger charge is 2.26. The van der Waals surface area contributed by atoms with Crippen molar-refractivity contribution in [3.8, 4) is 23.0 Å². The Bertz CT molecular complexity index is 1150. The SMILES string of the molecule is C#Cc1cnc(-c2ccc(N(C)C(=O)OC(C)(C)C)s2)nc1Nc1cc(C2CC2)[nH]n1.